The molecule has 0 spiro atoms. The maximum absolute atomic E-state index is 5.70. The van der Waals surface area contributed by atoms with Crippen LogP contribution in [0.2, 0.25) is 0 Å². The average molecular weight is 294 g/mol. The van der Waals surface area contributed by atoms with E-state index < -0.39 is 0 Å². The zero-order chi connectivity index (χ0) is 12.0. The van der Waals surface area contributed by atoms with Gasteiger partial charge in [-0.2, -0.15) is 0 Å². The number of ether oxygens (including phenoxy) is 1. The summed E-state index contributed by atoms with van der Waals surface area (Å²) >= 11 is 3.58. The molecule has 3 heteroatoms. The third-order valence-corrected chi connectivity index (χ3v) is 4.26. The molecule has 0 aliphatic carbocycles. The van der Waals surface area contributed by atoms with Gasteiger partial charge in [-0.05, 0) is 45.5 Å². The molecule has 0 fully saturated rings. The van der Waals surface area contributed by atoms with Gasteiger partial charge in [0.05, 0.1) is 17.1 Å². The fourth-order valence-corrected chi connectivity index (χ4v) is 3.22. The first-order valence-electron chi connectivity index (χ1n) is 6.17. The molecule has 0 N–H and O–H groups in total. The molecule has 1 unspecified atom stereocenters. The predicted octanol–water partition coefficient (Wildman–Crippen LogP) is 3.38. The molecule has 17 heavy (non-hydrogen) atoms. The molecule has 0 saturated heterocycles. The SMILES string of the molecule is CC(C)C1Cc2c(cc(Br)c3c2CCO3)C=N1. The largest absolute Gasteiger partial charge is 0.492 e. The Kier molecular flexibility index (Phi) is 2.74. The highest BCUT2D eigenvalue weighted by molar-refractivity contribution is 9.10. The van der Waals surface area contributed by atoms with Crippen LogP contribution in [0.3, 0.4) is 0 Å². The zero-order valence-electron chi connectivity index (χ0n) is 10.2. The number of halogens is 1. The maximum atomic E-state index is 5.70. The first-order chi connectivity index (χ1) is 8.16. The van der Waals surface area contributed by atoms with Crippen molar-refractivity contribution in [2.45, 2.75) is 32.7 Å². The minimum atomic E-state index is 0.424. The third-order valence-electron chi connectivity index (χ3n) is 3.67. The second-order valence-corrected chi connectivity index (χ2v) is 5.98. The first kappa shape index (κ1) is 11.3. The number of aliphatic imine (C=N–C) groups is 1. The van der Waals surface area contributed by atoms with E-state index in [4.69, 9.17) is 4.74 Å². The van der Waals surface area contributed by atoms with Gasteiger partial charge in [0.1, 0.15) is 5.75 Å². The van der Waals surface area contributed by atoms with Gasteiger partial charge >= 0.3 is 0 Å². The molecule has 0 amide bonds. The Morgan fingerprint density at radius 2 is 2.24 bits per heavy atom. The molecule has 2 aliphatic heterocycles. The second-order valence-electron chi connectivity index (χ2n) is 5.13. The van der Waals surface area contributed by atoms with Gasteiger partial charge in [0.2, 0.25) is 0 Å². The van der Waals surface area contributed by atoms with E-state index >= 15 is 0 Å². The number of fused-ring (bicyclic) bond motifs is 3. The molecule has 2 nitrogen and oxygen atoms in total. The van der Waals surface area contributed by atoms with Gasteiger partial charge in [-0.15, -0.1) is 0 Å². The summed E-state index contributed by atoms with van der Waals surface area (Å²) < 4.78 is 6.77. The van der Waals surface area contributed by atoms with Crippen LogP contribution in [-0.4, -0.2) is 18.9 Å². The van der Waals surface area contributed by atoms with Crippen molar-refractivity contribution in [3.63, 3.8) is 0 Å². The Morgan fingerprint density at radius 3 is 3.00 bits per heavy atom. The lowest BCUT2D eigenvalue weighted by Gasteiger charge is -2.24. The van der Waals surface area contributed by atoms with Gasteiger partial charge in [-0.1, -0.05) is 13.8 Å². The highest BCUT2D eigenvalue weighted by atomic mass is 79.9. The van der Waals surface area contributed by atoms with Crippen LogP contribution < -0.4 is 4.74 Å². The van der Waals surface area contributed by atoms with Gasteiger partial charge < -0.3 is 4.74 Å². The van der Waals surface area contributed by atoms with Crippen molar-refractivity contribution in [1.29, 1.82) is 0 Å². The summed E-state index contributed by atoms with van der Waals surface area (Å²) in [6, 6.07) is 2.56. The normalized spacial score (nSPS) is 21.3. The topological polar surface area (TPSA) is 21.6 Å². The van der Waals surface area contributed by atoms with Crippen LogP contribution >= 0.6 is 15.9 Å². The van der Waals surface area contributed by atoms with E-state index in [2.05, 4.69) is 40.8 Å². The van der Waals surface area contributed by atoms with Gasteiger partial charge in [0, 0.05) is 18.2 Å². The summed E-state index contributed by atoms with van der Waals surface area (Å²) in [4.78, 5) is 4.65. The van der Waals surface area contributed by atoms with Crippen LogP contribution in [-0.2, 0) is 12.8 Å². The highest BCUT2D eigenvalue weighted by Crippen LogP contribution is 2.39. The maximum Gasteiger partial charge on any atom is 0.137 e. The molecule has 0 aromatic heterocycles. The van der Waals surface area contributed by atoms with E-state index in [1.807, 2.05) is 6.21 Å². The van der Waals surface area contributed by atoms with Crippen LogP contribution in [0.1, 0.15) is 30.5 Å². The van der Waals surface area contributed by atoms with Crippen LogP contribution in [0.15, 0.2) is 15.5 Å². The van der Waals surface area contributed by atoms with Gasteiger partial charge in [-0.3, -0.25) is 4.99 Å². The summed E-state index contributed by atoms with van der Waals surface area (Å²) in [5.41, 5.74) is 4.11. The van der Waals surface area contributed by atoms with Crippen molar-refractivity contribution in [2.75, 3.05) is 6.61 Å². The van der Waals surface area contributed by atoms with E-state index in [0.29, 0.717) is 12.0 Å². The second kappa shape index (κ2) is 4.13. The third kappa shape index (κ3) is 1.81. The molecule has 2 aliphatic rings. The van der Waals surface area contributed by atoms with Crippen molar-refractivity contribution in [3.05, 3.63) is 27.2 Å². The lowest BCUT2D eigenvalue weighted by Crippen LogP contribution is -2.22. The number of hydrogen-bond acceptors (Lipinski definition) is 2. The van der Waals surface area contributed by atoms with Crippen LogP contribution in [0.25, 0.3) is 0 Å². The Morgan fingerprint density at radius 1 is 1.41 bits per heavy atom. The molecular formula is C14H16BrNO. The van der Waals surface area contributed by atoms with Gasteiger partial charge in [-0.25, -0.2) is 0 Å². The standard InChI is InChI=1S/C14H16BrNO/c1-8(2)13-6-11-9(7-16-13)5-12(15)14-10(11)3-4-17-14/h5,7-8,13H,3-4,6H2,1-2H3. The molecule has 1 aromatic rings. The lowest BCUT2D eigenvalue weighted by molar-refractivity contribution is 0.355. The molecule has 0 radical (unpaired) electrons. The molecule has 0 bridgehead atoms. The fraction of sp³-hybridized carbons (Fsp3) is 0.500. The predicted molar refractivity (Wildman–Crippen MR) is 73.3 cm³/mol. The van der Waals surface area contributed by atoms with Crippen molar-refractivity contribution in [3.8, 4) is 5.75 Å². The van der Waals surface area contributed by atoms with Crippen LogP contribution in [0.4, 0.5) is 0 Å². The van der Waals surface area contributed by atoms with Crippen molar-refractivity contribution in [2.24, 2.45) is 10.9 Å². The summed E-state index contributed by atoms with van der Waals surface area (Å²) in [5.74, 6) is 1.66. The molecule has 3 rings (SSSR count). The molecule has 0 saturated carbocycles. The quantitative estimate of drug-likeness (QED) is 0.778. The van der Waals surface area contributed by atoms with Crippen molar-refractivity contribution >= 4 is 22.1 Å². The summed E-state index contributed by atoms with van der Waals surface area (Å²) in [7, 11) is 0. The molecule has 1 aromatic carbocycles. The van der Waals surface area contributed by atoms with E-state index in [0.717, 1.165) is 29.7 Å². The number of nitrogens with zero attached hydrogens (tertiary/aromatic N) is 1. The summed E-state index contributed by atoms with van der Waals surface area (Å²) in [5, 5.41) is 0. The number of rotatable bonds is 1. The monoisotopic (exact) mass is 293 g/mol. The molecular weight excluding hydrogens is 278 g/mol. The summed E-state index contributed by atoms with van der Waals surface area (Å²) in [6.07, 6.45) is 4.13. The number of benzene rings is 1. The molecule has 2 heterocycles. The van der Waals surface area contributed by atoms with Gasteiger partial charge in [0.25, 0.3) is 0 Å². The average Bonchev–Trinajstić information content (AvgIpc) is 2.78. The van der Waals surface area contributed by atoms with Crippen LogP contribution in [0, 0.1) is 5.92 Å². The smallest absolute Gasteiger partial charge is 0.137 e. The minimum absolute atomic E-state index is 0.424. The van der Waals surface area contributed by atoms with Crippen molar-refractivity contribution < 1.29 is 4.74 Å². The molecule has 1 atom stereocenters. The Balaban J connectivity index is 2.09. The zero-order valence-corrected chi connectivity index (χ0v) is 11.8. The van der Waals surface area contributed by atoms with Crippen LogP contribution in [0.5, 0.6) is 5.75 Å². The van der Waals surface area contributed by atoms with E-state index in [1.54, 1.807) is 0 Å². The van der Waals surface area contributed by atoms with Crippen molar-refractivity contribution in [1.82, 2.24) is 0 Å². The van der Waals surface area contributed by atoms with E-state index in [1.165, 1.54) is 16.7 Å². The Bertz CT molecular complexity index is 493. The Hall–Kier alpha value is -0.830. The van der Waals surface area contributed by atoms with Gasteiger partial charge in [0.15, 0.2) is 0 Å². The highest BCUT2D eigenvalue weighted by Gasteiger charge is 2.26. The minimum Gasteiger partial charge on any atom is -0.492 e. The van der Waals surface area contributed by atoms with E-state index in [-0.39, 0.29) is 0 Å². The fourth-order valence-electron chi connectivity index (χ4n) is 2.62. The number of hydrogen-bond donors (Lipinski definition) is 0. The molecule has 90 valence electrons. The lowest BCUT2D eigenvalue weighted by atomic mass is 9.88. The summed E-state index contributed by atoms with van der Waals surface area (Å²) in [6.45, 7) is 5.29. The van der Waals surface area contributed by atoms with E-state index in [9.17, 15) is 0 Å². The Labute approximate surface area is 110 Å². The first-order valence-corrected chi connectivity index (χ1v) is 6.96.